The van der Waals surface area contributed by atoms with Crippen LogP contribution in [-0.4, -0.2) is 32.4 Å². The minimum atomic E-state index is -0.616. The first kappa shape index (κ1) is 25.1. The molecule has 8 nitrogen and oxygen atoms in total. The number of ether oxygens (including phenoxy) is 5. The van der Waals surface area contributed by atoms with Crippen molar-refractivity contribution in [3.8, 4) is 23.0 Å². The van der Waals surface area contributed by atoms with Crippen molar-refractivity contribution in [2.24, 2.45) is 5.92 Å². The molecule has 2 rings (SSSR count). The van der Waals surface area contributed by atoms with Crippen LogP contribution in [0.2, 0.25) is 0 Å². The molecule has 1 aromatic carbocycles. The lowest BCUT2D eigenvalue weighted by Gasteiger charge is -2.16. The van der Waals surface area contributed by atoms with E-state index in [9.17, 15) is 9.59 Å². The van der Waals surface area contributed by atoms with Crippen molar-refractivity contribution in [2.45, 2.75) is 47.6 Å². The van der Waals surface area contributed by atoms with E-state index < -0.39 is 5.97 Å². The van der Waals surface area contributed by atoms with Gasteiger partial charge in [-0.3, -0.25) is 4.79 Å². The predicted molar refractivity (Wildman–Crippen MR) is 119 cm³/mol. The summed E-state index contributed by atoms with van der Waals surface area (Å²) < 4.78 is 33.0. The molecule has 0 aliphatic rings. The molecule has 0 N–H and O–H groups in total. The maximum absolute atomic E-state index is 12.6. The highest BCUT2D eigenvalue weighted by Crippen LogP contribution is 2.39. The van der Waals surface area contributed by atoms with Crippen LogP contribution in [0.5, 0.6) is 23.0 Å². The molecule has 0 unspecified atom stereocenters. The molecular formula is C24H32O8. The molecule has 0 radical (unpaired) electrons. The maximum atomic E-state index is 12.6. The molecule has 0 fully saturated rings. The standard InChI is InChI=1S/C24H32O8/c1-6-27-20-11-17(12-21(28-7-2)23(20)29-8-3)24(26)32-14-18-13-19(25)22(15-31-18)30-10-9-16(4)5/h11-13,15-16H,6-10,14H2,1-5H3. The summed E-state index contributed by atoms with van der Waals surface area (Å²) in [5, 5.41) is 0. The Kier molecular flexibility index (Phi) is 9.91. The molecule has 32 heavy (non-hydrogen) atoms. The van der Waals surface area contributed by atoms with Gasteiger partial charge in [-0.1, -0.05) is 13.8 Å². The molecule has 0 atom stereocenters. The minimum Gasteiger partial charge on any atom is -0.490 e. The van der Waals surface area contributed by atoms with Crippen LogP contribution in [0.4, 0.5) is 0 Å². The summed E-state index contributed by atoms with van der Waals surface area (Å²) in [4.78, 5) is 24.8. The van der Waals surface area contributed by atoms with Gasteiger partial charge in [-0.05, 0) is 45.2 Å². The van der Waals surface area contributed by atoms with Crippen LogP contribution in [-0.2, 0) is 11.3 Å². The van der Waals surface area contributed by atoms with E-state index in [1.807, 2.05) is 20.8 Å². The average molecular weight is 449 g/mol. The number of benzene rings is 1. The fourth-order valence-electron chi connectivity index (χ4n) is 2.75. The molecule has 0 spiro atoms. The molecule has 1 aromatic heterocycles. The third-order valence-electron chi connectivity index (χ3n) is 4.30. The van der Waals surface area contributed by atoms with Crippen molar-refractivity contribution < 1.29 is 32.9 Å². The predicted octanol–water partition coefficient (Wildman–Crippen LogP) is 4.62. The molecule has 0 bridgehead atoms. The zero-order valence-corrected chi connectivity index (χ0v) is 19.4. The smallest absolute Gasteiger partial charge is 0.338 e. The summed E-state index contributed by atoms with van der Waals surface area (Å²) in [6.45, 7) is 11.1. The van der Waals surface area contributed by atoms with E-state index in [1.165, 1.54) is 12.3 Å². The third kappa shape index (κ3) is 7.21. The molecule has 0 aliphatic carbocycles. The van der Waals surface area contributed by atoms with Crippen LogP contribution in [0.15, 0.2) is 33.7 Å². The molecule has 0 aliphatic heterocycles. The highest BCUT2D eigenvalue weighted by atomic mass is 16.5. The fourth-order valence-corrected chi connectivity index (χ4v) is 2.75. The molecule has 8 heteroatoms. The summed E-state index contributed by atoms with van der Waals surface area (Å²) in [6.07, 6.45) is 2.07. The van der Waals surface area contributed by atoms with Crippen molar-refractivity contribution >= 4 is 5.97 Å². The number of hydrogen-bond donors (Lipinski definition) is 0. The topological polar surface area (TPSA) is 93.4 Å². The van der Waals surface area contributed by atoms with Crippen LogP contribution in [0.1, 0.15) is 57.2 Å². The molecular weight excluding hydrogens is 416 g/mol. The van der Waals surface area contributed by atoms with E-state index in [4.69, 9.17) is 28.1 Å². The lowest BCUT2D eigenvalue weighted by atomic mass is 10.1. The summed E-state index contributed by atoms with van der Waals surface area (Å²) in [6, 6.07) is 4.34. The van der Waals surface area contributed by atoms with Crippen LogP contribution in [0.3, 0.4) is 0 Å². The summed E-state index contributed by atoms with van der Waals surface area (Å²) in [5.74, 6) is 1.41. The van der Waals surface area contributed by atoms with Gasteiger partial charge in [0.15, 0.2) is 11.5 Å². The van der Waals surface area contributed by atoms with Gasteiger partial charge in [0, 0.05) is 6.07 Å². The average Bonchev–Trinajstić information content (AvgIpc) is 2.75. The largest absolute Gasteiger partial charge is 0.490 e. The summed E-state index contributed by atoms with van der Waals surface area (Å²) in [5.41, 5.74) is -0.0966. The lowest BCUT2D eigenvalue weighted by molar-refractivity contribution is 0.0441. The molecule has 2 aromatic rings. The van der Waals surface area contributed by atoms with Crippen molar-refractivity contribution in [2.75, 3.05) is 26.4 Å². The number of hydrogen-bond acceptors (Lipinski definition) is 8. The Morgan fingerprint density at radius 1 is 0.906 bits per heavy atom. The Morgan fingerprint density at radius 2 is 1.53 bits per heavy atom. The van der Waals surface area contributed by atoms with Gasteiger partial charge >= 0.3 is 5.97 Å². The Morgan fingerprint density at radius 3 is 2.06 bits per heavy atom. The highest BCUT2D eigenvalue weighted by Gasteiger charge is 2.19. The van der Waals surface area contributed by atoms with E-state index in [0.29, 0.717) is 49.6 Å². The Bertz CT molecular complexity index is 905. The summed E-state index contributed by atoms with van der Waals surface area (Å²) in [7, 11) is 0. The third-order valence-corrected chi connectivity index (χ3v) is 4.30. The SMILES string of the molecule is CCOc1cc(C(=O)OCc2cc(=O)c(OCCC(C)C)co2)cc(OCC)c1OCC. The first-order valence-electron chi connectivity index (χ1n) is 10.9. The normalized spacial score (nSPS) is 10.7. The van der Waals surface area contributed by atoms with Gasteiger partial charge in [-0.25, -0.2) is 4.79 Å². The molecule has 1 heterocycles. The van der Waals surface area contributed by atoms with Gasteiger partial charge in [-0.2, -0.15) is 0 Å². The first-order valence-corrected chi connectivity index (χ1v) is 10.9. The second-order valence-electron chi connectivity index (χ2n) is 7.28. The Hall–Kier alpha value is -3.16. The lowest BCUT2D eigenvalue weighted by Crippen LogP contribution is -2.12. The minimum absolute atomic E-state index is 0.134. The summed E-state index contributed by atoms with van der Waals surface area (Å²) >= 11 is 0. The zero-order chi connectivity index (χ0) is 23.5. The van der Waals surface area contributed by atoms with Crippen LogP contribution >= 0.6 is 0 Å². The number of carbonyl (C=O) groups excluding carboxylic acids is 1. The van der Waals surface area contributed by atoms with E-state index in [1.54, 1.807) is 12.1 Å². The first-order chi connectivity index (χ1) is 15.4. The van der Waals surface area contributed by atoms with E-state index in [2.05, 4.69) is 13.8 Å². The molecule has 0 amide bonds. The van der Waals surface area contributed by atoms with Gasteiger partial charge in [0.05, 0.1) is 32.0 Å². The van der Waals surface area contributed by atoms with Crippen molar-refractivity contribution in [3.63, 3.8) is 0 Å². The van der Waals surface area contributed by atoms with E-state index in [-0.39, 0.29) is 29.1 Å². The molecule has 176 valence electrons. The van der Waals surface area contributed by atoms with Crippen molar-refractivity contribution in [1.82, 2.24) is 0 Å². The van der Waals surface area contributed by atoms with E-state index in [0.717, 1.165) is 6.42 Å². The van der Waals surface area contributed by atoms with Crippen LogP contribution in [0.25, 0.3) is 0 Å². The van der Waals surface area contributed by atoms with Gasteiger partial charge in [0.2, 0.25) is 16.9 Å². The quantitative estimate of drug-likeness (QED) is 0.410. The van der Waals surface area contributed by atoms with E-state index >= 15 is 0 Å². The molecule has 0 saturated heterocycles. The number of carbonyl (C=O) groups is 1. The number of rotatable bonds is 13. The van der Waals surface area contributed by atoms with Gasteiger partial charge in [-0.15, -0.1) is 0 Å². The second kappa shape index (κ2) is 12.6. The molecule has 0 saturated carbocycles. The van der Waals surface area contributed by atoms with Crippen LogP contribution in [0, 0.1) is 5.92 Å². The monoisotopic (exact) mass is 448 g/mol. The number of esters is 1. The second-order valence-corrected chi connectivity index (χ2v) is 7.28. The van der Waals surface area contributed by atoms with Gasteiger partial charge in [0.1, 0.15) is 18.6 Å². The Labute approximate surface area is 188 Å². The fraction of sp³-hybridized carbons (Fsp3) is 0.500. The van der Waals surface area contributed by atoms with Crippen molar-refractivity contribution in [3.05, 3.63) is 46.0 Å². The highest BCUT2D eigenvalue weighted by molar-refractivity contribution is 5.91. The maximum Gasteiger partial charge on any atom is 0.338 e. The zero-order valence-electron chi connectivity index (χ0n) is 19.4. The van der Waals surface area contributed by atoms with Crippen LogP contribution < -0.4 is 24.4 Å². The van der Waals surface area contributed by atoms with Gasteiger partial charge in [0.25, 0.3) is 0 Å². The van der Waals surface area contributed by atoms with Gasteiger partial charge < -0.3 is 28.1 Å². The van der Waals surface area contributed by atoms with Crippen molar-refractivity contribution in [1.29, 1.82) is 0 Å². The Balaban J connectivity index is 2.11.